The molecule has 0 spiro atoms. The Morgan fingerprint density at radius 3 is 2.80 bits per heavy atom. The Morgan fingerprint density at radius 2 is 2.60 bits per heavy atom. The molecular weight excluding hydrogens is 82.1 g/mol. The summed E-state index contributed by atoms with van der Waals surface area (Å²) in [5.74, 6) is 0. The van der Waals surface area contributed by atoms with Crippen LogP contribution < -0.4 is 5.32 Å². The first-order valence-electron chi connectivity index (χ1n) is 1.43. The van der Waals surface area contributed by atoms with Crippen molar-refractivity contribution in [2.45, 2.75) is 0 Å². The summed E-state index contributed by atoms with van der Waals surface area (Å²) in [7, 11) is 0. The van der Waals surface area contributed by atoms with E-state index in [-0.39, 0.29) is 0 Å². The molecule has 0 unspecified atom stereocenters. The van der Waals surface area contributed by atoms with E-state index in [1.807, 2.05) is 17.1 Å². The molecule has 0 saturated heterocycles. The molecule has 0 radical (unpaired) electrons. The summed E-state index contributed by atoms with van der Waals surface area (Å²) in [6, 6.07) is 0. The van der Waals surface area contributed by atoms with Gasteiger partial charge in [0.05, 0.1) is 0 Å². The van der Waals surface area contributed by atoms with Crippen molar-refractivity contribution in [1.29, 1.82) is 0 Å². The van der Waals surface area contributed by atoms with E-state index in [0.717, 1.165) is 0 Å². The molecule has 1 nitrogen and oxygen atoms in total. The Hall–Kier alpha value is -0.240. The minimum atomic E-state index is 1.27. The van der Waals surface area contributed by atoms with Crippen molar-refractivity contribution in [3.05, 3.63) is 11.6 Å². The third-order valence-corrected chi connectivity index (χ3v) is 1.03. The monoisotopic (exact) mass is 87.0 g/mol. The van der Waals surface area contributed by atoms with Gasteiger partial charge in [0.25, 0.3) is 0 Å². The Labute approximate surface area is 34.7 Å². The fraction of sp³-hybridized carbons (Fsp3) is 0. The van der Waals surface area contributed by atoms with E-state index in [9.17, 15) is 0 Å². The van der Waals surface area contributed by atoms with Crippen LogP contribution in [0, 0.1) is 0 Å². The van der Waals surface area contributed by atoms with Crippen LogP contribution in [-0.2, 0) is 0 Å². The number of nitrogens with one attached hydrogen (secondary N) is 1. The van der Waals surface area contributed by atoms with Gasteiger partial charge in [-0.05, 0) is 5.41 Å². The quantitative estimate of drug-likeness (QED) is 0.319. The molecule has 28 valence electrons. The second-order valence-electron chi connectivity index (χ2n) is 0.761. The highest BCUT2D eigenvalue weighted by Gasteiger charge is 1.67. The lowest BCUT2D eigenvalue weighted by Gasteiger charge is -1.69. The van der Waals surface area contributed by atoms with Crippen molar-refractivity contribution in [2.24, 2.45) is 0 Å². The number of hydrogen-bond donors (Lipinski definition) is 2. The van der Waals surface area contributed by atoms with E-state index in [2.05, 4.69) is 5.32 Å². The highest BCUT2D eigenvalue weighted by atomic mass is 32.1. The lowest BCUT2D eigenvalue weighted by Crippen LogP contribution is -1.91. The molecule has 0 aliphatic carbocycles. The van der Waals surface area contributed by atoms with Crippen LogP contribution >= 0.6 is 11.4 Å². The second-order valence-corrected chi connectivity index (χ2v) is 1.62. The van der Waals surface area contributed by atoms with E-state index >= 15 is 0 Å². The molecule has 0 saturated carbocycles. The predicted molar refractivity (Wildman–Crippen MR) is 27.3 cm³/mol. The average molecular weight is 87.1 g/mol. The van der Waals surface area contributed by atoms with Gasteiger partial charge in [0, 0.05) is 11.7 Å². The van der Waals surface area contributed by atoms with E-state index < -0.39 is 0 Å². The maximum absolute atomic E-state index is 2.90. The molecule has 0 aromatic rings. The van der Waals surface area contributed by atoms with Crippen molar-refractivity contribution in [1.82, 2.24) is 5.32 Å². The fourth-order valence-corrected chi connectivity index (χ4v) is 0.645. The summed E-state index contributed by atoms with van der Waals surface area (Å²) >= 11 is 1.27. The zero-order chi connectivity index (χ0) is 3.54. The van der Waals surface area contributed by atoms with Crippen LogP contribution in [0.2, 0.25) is 0 Å². The van der Waals surface area contributed by atoms with Crippen molar-refractivity contribution in [2.75, 3.05) is 0 Å². The Balaban J connectivity index is 2.61. The minimum absolute atomic E-state index is 1.27. The topological polar surface area (TPSA) is 12.0 Å². The van der Waals surface area contributed by atoms with Gasteiger partial charge in [-0.2, -0.15) is 11.4 Å². The maximum atomic E-state index is 2.90. The third-order valence-electron chi connectivity index (χ3n) is 0.406. The van der Waals surface area contributed by atoms with E-state index in [4.69, 9.17) is 0 Å². The molecule has 0 aromatic heterocycles. The molecule has 1 heterocycles. The highest BCUT2D eigenvalue weighted by molar-refractivity contribution is 8.00. The molecule has 5 heavy (non-hydrogen) atoms. The molecule has 0 aromatic carbocycles. The van der Waals surface area contributed by atoms with Crippen molar-refractivity contribution >= 4 is 16.8 Å². The fourth-order valence-electron chi connectivity index (χ4n) is 0.215. The van der Waals surface area contributed by atoms with Crippen LogP contribution in [-0.4, -0.2) is 5.49 Å². The first-order valence-corrected chi connectivity index (χ1v) is 2.46. The van der Waals surface area contributed by atoms with Gasteiger partial charge in [-0.3, -0.25) is 0 Å². The molecule has 1 aliphatic heterocycles. The summed E-state index contributed by atoms with van der Waals surface area (Å²) in [5, 5.41) is 4.95. The molecule has 1 N–H and O–H groups in total. The third kappa shape index (κ3) is 0.514. The molecular formula is C3H5NS. The molecule has 1 rings (SSSR count). The number of hydrogen-bond acceptors (Lipinski definition) is 1. The van der Waals surface area contributed by atoms with Gasteiger partial charge < -0.3 is 5.32 Å². The van der Waals surface area contributed by atoms with Crippen LogP contribution in [0.4, 0.5) is 0 Å². The van der Waals surface area contributed by atoms with Crippen LogP contribution in [0.25, 0.3) is 0 Å². The highest BCUT2D eigenvalue weighted by Crippen LogP contribution is 1.87. The van der Waals surface area contributed by atoms with Crippen LogP contribution in [0.15, 0.2) is 11.6 Å². The summed E-state index contributed by atoms with van der Waals surface area (Å²) in [6.07, 6.45) is 1.92. The zero-order valence-corrected chi connectivity index (χ0v) is 3.57. The van der Waals surface area contributed by atoms with Crippen LogP contribution in [0.5, 0.6) is 0 Å². The van der Waals surface area contributed by atoms with Gasteiger partial charge in [0.1, 0.15) is 0 Å². The molecule has 0 atom stereocenters. The molecule has 0 bridgehead atoms. The van der Waals surface area contributed by atoms with Crippen molar-refractivity contribution < 1.29 is 0 Å². The number of rotatable bonds is 0. The largest absolute Gasteiger partial charge is 0.362 e. The Bertz CT molecular complexity index is 65.0. The first kappa shape index (κ1) is 2.97. The predicted octanol–water partition coefficient (Wildman–Crippen LogP) is 0.286. The van der Waals surface area contributed by atoms with Crippen molar-refractivity contribution in [3.63, 3.8) is 0 Å². The van der Waals surface area contributed by atoms with Gasteiger partial charge >= 0.3 is 0 Å². The van der Waals surface area contributed by atoms with Gasteiger partial charge in [0.2, 0.25) is 0 Å². The van der Waals surface area contributed by atoms with Gasteiger partial charge in [-0.25, -0.2) is 0 Å². The standard InChI is InChI=1S/C3H5NS/c1-2-5-3-4-1/h1-5H. The lowest BCUT2D eigenvalue weighted by molar-refractivity contribution is 1.37. The summed E-state index contributed by atoms with van der Waals surface area (Å²) < 4.78 is 0. The second kappa shape index (κ2) is 1.26. The summed E-state index contributed by atoms with van der Waals surface area (Å²) in [5.41, 5.74) is 1.97. The van der Waals surface area contributed by atoms with Gasteiger partial charge in [-0.15, -0.1) is 0 Å². The molecule has 0 fully saturated rings. The minimum Gasteiger partial charge on any atom is -0.362 e. The Morgan fingerprint density at radius 1 is 1.60 bits per heavy atom. The van der Waals surface area contributed by atoms with Crippen LogP contribution in [0.1, 0.15) is 0 Å². The molecule has 1 aliphatic rings. The van der Waals surface area contributed by atoms with Gasteiger partial charge in [-0.1, -0.05) is 0 Å². The number of thiol groups is 1. The van der Waals surface area contributed by atoms with E-state index in [0.29, 0.717) is 0 Å². The normalized spacial score (nSPS) is 17.6. The summed E-state index contributed by atoms with van der Waals surface area (Å²) in [6.45, 7) is 0. The van der Waals surface area contributed by atoms with Gasteiger partial charge in [0.15, 0.2) is 0 Å². The first-order chi connectivity index (χ1) is 2.50. The molecule has 0 amide bonds. The van der Waals surface area contributed by atoms with E-state index in [1.165, 1.54) is 11.4 Å². The van der Waals surface area contributed by atoms with Crippen molar-refractivity contribution in [3.8, 4) is 0 Å². The lowest BCUT2D eigenvalue weighted by atomic mass is 11.0. The summed E-state index contributed by atoms with van der Waals surface area (Å²) in [4.78, 5) is 0. The van der Waals surface area contributed by atoms with E-state index in [1.54, 1.807) is 0 Å². The zero-order valence-electron chi connectivity index (χ0n) is 2.68. The molecule has 2 heteroatoms. The van der Waals surface area contributed by atoms with Crippen LogP contribution in [0.3, 0.4) is 0 Å². The SMILES string of the molecule is C1=C[SH]=CN1. The average Bonchev–Trinajstić information content (AvgIpc) is 1.76. The maximum Gasteiger partial charge on any atom is 0.0261 e. The Kier molecular flexibility index (Phi) is 0.751. The smallest absolute Gasteiger partial charge is 0.0261 e.